The summed E-state index contributed by atoms with van der Waals surface area (Å²) in [4.78, 5) is 12.0. The standard InChI is InChI=1S/C14H23N3O3S/c1-10(2)15-14(18)11(3)16-12-6-8-13(9-7-12)21(19,20)17(4)5/h6-11,16H,1-5H3,(H,15,18). The lowest BCUT2D eigenvalue weighted by Gasteiger charge is -2.17. The Morgan fingerprint density at radius 1 is 1.10 bits per heavy atom. The number of carbonyl (C=O) groups excluding carboxylic acids is 1. The molecule has 0 aliphatic carbocycles. The third-order valence-corrected chi connectivity index (χ3v) is 4.67. The van der Waals surface area contributed by atoms with Crippen molar-refractivity contribution in [2.45, 2.75) is 37.8 Å². The van der Waals surface area contributed by atoms with Gasteiger partial charge in [0.2, 0.25) is 15.9 Å². The van der Waals surface area contributed by atoms with Gasteiger partial charge in [-0.2, -0.15) is 0 Å². The number of carbonyl (C=O) groups is 1. The van der Waals surface area contributed by atoms with E-state index in [2.05, 4.69) is 10.6 Å². The topological polar surface area (TPSA) is 78.5 Å². The number of rotatable bonds is 6. The molecule has 0 aliphatic heterocycles. The first-order valence-electron chi connectivity index (χ1n) is 6.74. The summed E-state index contributed by atoms with van der Waals surface area (Å²) in [7, 11) is -0.456. The molecule has 1 unspecified atom stereocenters. The number of hydrogen-bond donors (Lipinski definition) is 2. The van der Waals surface area contributed by atoms with Crippen molar-refractivity contribution in [3.05, 3.63) is 24.3 Å². The van der Waals surface area contributed by atoms with Crippen molar-refractivity contribution in [1.82, 2.24) is 9.62 Å². The summed E-state index contributed by atoms with van der Waals surface area (Å²) in [5, 5.41) is 5.84. The summed E-state index contributed by atoms with van der Waals surface area (Å²) in [5.74, 6) is -0.102. The van der Waals surface area contributed by atoms with E-state index in [4.69, 9.17) is 0 Å². The molecule has 1 aromatic rings. The molecule has 6 nitrogen and oxygen atoms in total. The van der Waals surface area contributed by atoms with E-state index in [0.29, 0.717) is 5.69 Å². The molecule has 0 fully saturated rings. The monoisotopic (exact) mass is 313 g/mol. The highest BCUT2D eigenvalue weighted by Gasteiger charge is 2.17. The van der Waals surface area contributed by atoms with Gasteiger partial charge in [-0.1, -0.05) is 0 Å². The Bertz CT molecular complexity index is 580. The maximum atomic E-state index is 11.9. The summed E-state index contributed by atoms with van der Waals surface area (Å²) in [6.07, 6.45) is 0. The van der Waals surface area contributed by atoms with Gasteiger partial charge >= 0.3 is 0 Å². The van der Waals surface area contributed by atoms with E-state index in [1.807, 2.05) is 13.8 Å². The molecular formula is C14H23N3O3S. The molecule has 2 N–H and O–H groups in total. The molecule has 0 saturated heterocycles. The molecule has 0 saturated carbocycles. The van der Waals surface area contributed by atoms with Gasteiger partial charge in [-0.05, 0) is 45.0 Å². The van der Waals surface area contributed by atoms with Crippen LogP contribution >= 0.6 is 0 Å². The van der Waals surface area contributed by atoms with Gasteiger partial charge in [-0.25, -0.2) is 12.7 Å². The van der Waals surface area contributed by atoms with Crippen molar-refractivity contribution < 1.29 is 13.2 Å². The van der Waals surface area contributed by atoms with Gasteiger partial charge < -0.3 is 10.6 Å². The summed E-state index contributed by atoms with van der Waals surface area (Å²) >= 11 is 0. The van der Waals surface area contributed by atoms with Crippen LogP contribution < -0.4 is 10.6 Å². The van der Waals surface area contributed by atoms with Crippen LogP contribution in [0.2, 0.25) is 0 Å². The average molecular weight is 313 g/mol. The molecule has 21 heavy (non-hydrogen) atoms. The van der Waals surface area contributed by atoms with Crippen molar-refractivity contribution in [3.63, 3.8) is 0 Å². The van der Waals surface area contributed by atoms with Gasteiger partial charge in [0.25, 0.3) is 0 Å². The normalized spacial score (nSPS) is 13.3. The fraction of sp³-hybridized carbons (Fsp3) is 0.500. The van der Waals surface area contributed by atoms with E-state index in [0.717, 1.165) is 4.31 Å². The minimum atomic E-state index is -3.43. The van der Waals surface area contributed by atoms with Crippen molar-refractivity contribution in [3.8, 4) is 0 Å². The van der Waals surface area contributed by atoms with E-state index in [-0.39, 0.29) is 16.8 Å². The smallest absolute Gasteiger partial charge is 0.242 e. The van der Waals surface area contributed by atoms with E-state index >= 15 is 0 Å². The van der Waals surface area contributed by atoms with Crippen LogP contribution in [0.1, 0.15) is 20.8 Å². The van der Waals surface area contributed by atoms with Crippen molar-refractivity contribution >= 4 is 21.6 Å². The molecule has 0 radical (unpaired) electrons. The summed E-state index contributed by atoms with van der Waals surface area (Å²) in [6.45, 7) is 5.54. The van der Waals surface area contributed by atoms with Gasteiger partial charge in [0.05, 0.1) is 4.90 Å². The van der Waals surface area contributed by atoms with Gasteiger partial charge in [0, 0.05) is 25.8 Å². The van der Waals surface area contributed by atoms with E-state index < -0.39 is 16.1 Å². The highest BCUT2D eigenvalue weighted by molar-refractivity contribution is 7.89. The van der Waals surface area contributed by atoms with Crippen LogP contribution in [-0.4, -0.2) is 44.8 Å². The number of nitrogens with zero attached hydrogens (tertiary/aromatic N) is 1. The Kier molecular flexibility index (Phi) is 5.74. The van der Waals surface area contributed by atoms with Crippen molar-refractivity contribution in [1.29, 1.82) is 0 Å². The molecule has 7 heteroatoms. The molecule has 0 heterocycles. The SMILES string of the molecule is CC(C)NC(=O)C(C)Nc1ccc(S(=O)(=O)N(C)C)cc1. The number of benzene rings is 1. The number of sulfonamides is 1. The second-order valence-corrected chi connectivity index (χ2v) is 7.49. The van der Waals surface area contributed by atoms with Crippen molar-refractivity contribution in [2.75, 3.05) is 19.4 Å². The van der Waals surface area contributed by atoms with Crippen LogP contribution in [0.3, 0.4) is 0 Å². The lowest BCUT2D eigenvalue weighted by molar-refractivity contribution is -0.122. The zero-order valence-corrected chi connectivity index (χ0v) is 13.9. The van der Waals surface area contributed by atoms with Gasteiger partial charge in [0.15, 0.2) is 0 Å². The van der Waals surface area contributed by atoms with E-state index in [9.17, 15) is 13.2 Å². The maximum absolute atomic E-state index is 11.9. The highest BCUT2D eigenvalue weighted by Crippen LogP contribution is 2.17. The molecule has 118 valence electrons. The second kappa shape index (κ2) is 6.91. The van der Waals surface area contributed by atoms with Gasteiger partial charge in [-0.3, -0.25) is 4.79 Å². The van der Waals surface area contributed by atoms with Crippen LogP contribution in [0, 0.1) is 0 Å². The molecule has 0 bridgehead atoms. The second-order valence-electron chi connectivity index (χ2n) is 5.34. The quantitative estimate of drug-likeness (QED) is 0.829. The molecule has 1 aromatic carbocycles. The number of nitrogens with one attached hydrogen (secondary N) is 2. The molecule has 1 rings (SSSR count). The maximum Gasteiger partial charge on any atom is 0.242 e. The van der Waals surface area contributed by atoms with Gasteiger partial charge in [0.1, 0.15) is 6.04 Å². The summed E-state index contributed by atoms with van der Waals surface area (Å²) in [6, 6.07) is 6.01. The highest BCUT2D eigenvalue weighted by atomic mass is 32.2. The third-order valence-electron chi connectivity index (χ3n) is 2.84. The van der Waals surface area contributed by atoms with E-state index in [1.165, 1.54) is 26.2 Å². The van der Waals surface area contributed by atoms with Crippen LogP contribution in [0.25, 0.3) is 0 Å². The third kappa shape index (κ3) is 4.71. The lowest BCUT2D eigenvalue weighted by atomic mass is 10.2. The Morgan fingerprint density at radius 2 is 1.62 bits per heavy atom. The fourth-order valence-electron chi connectivity index (χ4n) is 1.66. The Morgan fingerprint density at radius 3 is 2.05 bits per heavy atom. The minimum Gasteiger partial charge on any atom is -0.374 e. The largest absolute Gasteiger partial charge is 0.374 e. The van der Waals surface area contributed by atoms with Gasteiger partial charge in [-0.15, -0.1) is 0 Å². The minimum absolute atomic E-state index is 0.0781. The molecule has 0 aromatic heterocycles. The molecular weight excluding hydrogens is 290 g/mol. The van der Waals surface area contributed by atoms with Crippen LogP contribution in [0.15, 0.2) is 29.2 Å². The predicted molar refractivity (Wildman–Crippen MR) is 83.7 cm³/mol. The molecule has 0 spiro atoms. The zero-order valence-electron chi connectivity index (χ0n) is 13.0. The Labute approximate surface area is 126 Å². The zero-order chi connectivity index (χ0) is 16.2. The first kappa shape index (κ1) is 17.5. The molecule has 0 aliphatic rings. The Hall–Kier alpha value is -1.60. The average Bonchev–Trinajstić information content (AvgIpc) is 2.38. The predicted octanol–water partition coefficient (Wildman–Crippen LogP) is 1.26. The number of anilines is 1. The van der Waals surface area contributed by atoms with Crippen molar-refractivity contribution in [2.24, 2.45) is 0 Å². The van der Waals surface area contributed by atoms with Crippen LogP contribution in [0.5, 0.6) is 0 Å². The van der Waals surface area contributed by atoms with Crippen LogP contribution in [-0.2, 0) is 14.8 Å². The molecule has 1 amide bonds. The van der Waals surface area contributed by atoms with Crippen LogP contribution in [0.4, 0.5) is 5.69 Å². The fourth-order valence-corrected chi connectivity index (χ4v) is 2.56. The first-order chi connectivity index (χ1) is 9.64. The number of amides is 1. The number of hydrogen-bond acceptors (Lipinski definition) is 4. The first-order valence-corrected chi connectivity index (χ1v) is 8.18. The lowest BCUT2D eigenvalue weighted by Crippen LogP contribution is -2.40. The summed E-state index contributed by atoms with van der Waals surface area (Å²) in [5.41, 5.74) is 0.694. The van der Waals surface area contributed by atoms with E-state index in [1.54, 1.807) is 19.1 Å². The Balaban J connectivity index is 2.78. The molecule has 1 atom stereocenters. The summed E-state index contributed by atoms with van der Waals surface area (Å²) < 4.78 is 25.0.